The van der Waals surface area contributed by atoms with Gasteiger partial charge in [-0.2, -0.15) is 5.10 Å². The number of nitrogens with zero attached hydrogens (tertiary/aromatic N) is 3. The van der Waals surface area contributed by atoms with Crippen molar-refractivity contribution in [3.63, 3.8) is 0 Å². The van der Waals surface area contributed by atoms with E-state index in [-0.39, 0.29) is 6.03 Å². The Hall–Kier alpha value is -2.34. The van der Waals surface area contributed by atoms with Gasteiger partial charge >= 0.3 is 6.03 Å². The average molecular weight is 288 g/mol. The van der Waals surface area contributed by atoms with Gasteiger partial charge in [0.1, 0.15) is 0 Å². The summed E-state index contributed by atoms with van der Waals surface area (Å²) in [7, 11) is 3.49. The lowest BCUT2D eigenvalue weighted by Crippen LogP contribution is -2.32. The monoisotopic (exact) mass is 288 g/mol. The van der Waals surface area contributed by atoms with Crippen LogP contribution < -0.4 is 5.32 Å². The predicted octanol–water partition coefficient (Wildman–Crippen LogP) is 2.01. The largest absolute Gasteiger partial charge is 0.388 e. The van der Waals surface area contributed by atoms with Crippen LogP contribution in [0.25, 0.3) is 0 Å². The second-order valence-electron chi connectivity index (χ2n) is 4.97. The molecule has 2 N–H and O–H groups in total. The van der Waals surface area contributed by atoms with E-state index in [9.17, 15) is 9.90 Å². The molecule has 0 saturated heterocycles. The molecule has 1 aromatic carbocycles. The molecule has 0 radical (unpaired) electrons. The van der Waals surface area contributed by atoms with Crippen LogP contribution in [0.5, 0.6) is 0 Å². The molecular formula is C15H20N4O2. The van der Waals surface area contributed by atoms with Crippen LogP contribution in [0.4, 0.5) is 10.5 Å². The van der Waals surface area contributed by atoms with Crippen LogP contribution in [-0.4, -0.2) is 39.4 Å². The van der Waals surface area contributed by atoms with Gasteiger partial charge in [0.25, 0.3) is 0 Å². The lowest BCUT2D eigenvalue weighted by molar-refractivity contribution is 0.152. The molecule has 0 aliphatic carbocycles. The van der Waals surface area contributed by atoms with Crippen LogP contribution in [0.1, 0.15) is 18.1 Å². The number of anilines is 1. The van der Waals surface area contributed by atoms with Crippen molar-refractivity contribution in [2.75, 3.05) is 18.9 Å². The standard InChI is InChI=1S/C15H20N4O2/c1-18(15(21)17-13-10-16-19(2)11-13)9-8-14(20)12-6-4-3-5-7-12/h3-7,10-11,14,20H,8-9H2,1-2H3,(H,17,21). The molecule has 0 bridgehead atoms. The first-order chi connectivity index (χ1) is 10.1. The zero-order valence-corrected chi connectivity index (χ0v) is 12.2. The first-order valence-electron chi connectivity index (χ1n) is 6.80. The number of nitrogens with one attached hydrogen (secondary N) is 1. The Morgan fingerprint density at radius 2 is 2.14 bits per heavy atom. The number of amides is 2. The van der Waals surface area contributed by atoms with Crippen molar-refractivity contribution < 1.29 is 9.90 Å². The third-order valence-corrected chi connectivity index (χ3v) is 3.23. The molecule has 0 fully saturated rings. The molecule has 2 aromatic rings. The van der Waals surface area contributed by atoms with Gasteiger partial charge < -0.3 is 15.3 Å². The first kappa shape index (κ1) is 15.1. The number of hydrogen-bond donors (Lipinski definition) is 2. The summed E-state index contributed by atoms with van der Waals surface area (Å²) in [5.74, 6) is 0. The van der Waals surface area contributed by atoms with Gasteiger partial charge in [-0.1, -0.05) is 30.3 Å². The normalized spacial score (nSPS) is 12.0. The molecule has 112 valence electrons. The fourth-order valence-electron chi connectivity index (χ4n) is 1.96. The Kier molecular flexibility index (Phi) is 4.94. The zero-order chi connectivity index (χ0) is 15.2. The SMILES string of the molecule is CN(CCC(O)c1ccccc1)C(=O)Nc1cnn(C)c1. The summed E-state index contributed by atoms with van der Waals surface area (Å²) in [5.41, 5.74) is 1.51. The molecule has 1 atom stereocenters. The van der Waals surface area contributed by atoms with Crippen molar-refractivity contribution in [3.05, 3.63) is 48.3 Å². The van der Waals surface area contributed by atoms with E-state index in [0.717, 1.165) is 5.56 Å². The summed E-state index contributed by atoms with van der Waals surface area (Å²) in [6.07, 6.45) is 3.23. The predicted molar refractivity (Wildman–Crippen MR) is 80.9 cm³/mol. The van der Waals surface area contributed by atoms with E-state index >= 15 is 0 Å². The maximum absolute atomic E-state index is 12.0. The molecule has 1 aromatic heterocycles. The molecule has 1 heterocycles. The maximum Gasteiger partial charge on any atom is 0.321 e. The van der Waals surface area contributed by atoms with Crippen molar-refractivity contribution in [1.29, 1.82) is 0 Å². The Morgan fingerprint density at radius 3 is 2.76 bits per heavy atom. The Balaban J connectivity index is 1.81. The number of aliphatic hydroxyl groups is 1. The molecule has 0 aliphatic heterocycles. The molecular weight excluding hydrogens is 268 g/mol. The molecule has 21 heavy (non-hydrogen) atoms. The van der Waals surface area contributed by atoms with Gasteiger partial charge in [0.2, 0.25) is 0 Å². The second-order valence-corrected chi connectivity index (χ2v) is 4.97. The summed E-state index contributed by atoms with van der Waals surface area (Å²) >= 11 is 0. The average Bonchev–Trinajstić information content (AvgIpc) is 2.90. The number of benzene rings is 1. The maximum atomic E-state index is 12.0. The van der Waals surface area contributed by atoms with E-state index in [1.54, 1.807) is 36.1 Å². The molecule has 2 rings (SSSR count). The van der Waals surface area contributed by atoms with Crippen molar-refractivity contribution >= 4 is 11.7 Å². The highest BCUT2D eigenvalue weighted by molar-refractivity contribution is 5.88. The van der Waals surface area contributed by atoms with E-state index in [2.05, 4.69) is 10.4 Å². The minimum atomic E-state index is -0.570. The van der Waals surface area contributed by atoms with Crippen LogP contribution in [-0.2, 0) is 7.05 Å². The minimum Gasteiger partial charge on any atom is -0.388 e. The van der Waals surface area contributed by atoms with Crippen molar-refractivity contribution in [2.45, 2.75) is 12.5 Å². The van der Waals surface area contributed by atoms with E-state index in [1.165, 1.54) is 0 Å². The summed E-state index contributed by atoms with van der Waals surface area (Å²) in [4.78, 5) is 13.5. The van der Waals surface area contributed by atoms with E-state index in [0.29, 0.717) is 18.7 Å². The number of hydrogen-bond acceptors (Lipinski definition) is 3. The van der Waals surface area contributed by atoms with Crippen molar-refractivity contribution in [1.82, 2.24) is 14.7 Å². The lowest BCUT2D eigenvalue weighted by atomic mass is 10.1. The highest BCUT2D eigenvalue weighted by Crippen LogP contribution is 2.16. The van der Waals surface area contributed by atoms with Crippen LogP contribution in [0, 0.1) is 0 Å². The minimum absolute atomic E-state index is 0.219. The van der Waals surface area contributed by atoms with Crippen molar-refractivity contribution in [3.8, 4) is 0 Å². The van der Waals surface area contributed by atoms with Gasteiger partial charge in [0.15, 0.2) is 0 Å². The first-order valence-corrected chi connectivity index (χ1v) is 6.80. The number of aromatic nitrogens is 2. The highest BCUT2D eigenvalue weighted by Gasteiger charge is 2.13. The molecule has 2 amide bonds. The number of rotatable bonds is 5. The lowest BCUT2D eigenvalue weighted by Gasteiger charge is -2.19. The Bertz CT molecular complexity index is 582. The number of carbonyl (C=O) groups is 1. The zero-order valence-electron chi connectivity index (χ0n) is 12.2. The smallest absolute Gasteiger partial charge is 0.321 e. The summed E-state index contributed by atoms with van der Waals surface area (Å²) in [6, 6.07) is 9.21. The molecule has 1 unspecified atom stereocenters. The second kappa shape index (κ2) is 6.90. The quantitative estimate of drug-likeness (QED) is 0.884. The molecule has 0 aliphatic rings. The van der Waals surface area contributed by atoms with Crippen LogP contribution in [0.15, 0.2) is 42.7 Å². The Labute approximate surface area is 124 Å². The van der Waals surface area contributed by atoms with Gasteiger partial charge in [0.05, 0.1) is 18.0 Å². The van der Waals surface area contributed by atoms with E-state index in [4.69, 9.17) is 0 Å². The fourth-order valence-corrected chi connectivity index (χ4v) is 1.96. The number of carbonyl (C=O) groups excluding carboxylic acids is 1. The molecule has 0 saturated carbocycles. The van der Waals surface area contributed by atoms with Gasteiger partial charge in [-0.15, -0.1) is 0 Å². The summed E-state index contributed by atoms with van der Waals surface area (Å²) in [6.45, 7) is 0.460. The van der Waals surface area contributed by atoms with Crippen LogP contribution >= 0.6 is 0 Å². The number of urea groups is 1. The topological polar surface area (TPSA) is 70.4 Å². The van der Waals surface area contributed by atoms with Crippen molar-refractivity contribution in [2.24, 2.45) is 7.05 Å². The third kappa shape index (κ3) is 4.32. The summed E-state index contributed by atoms with van der Waals surface area (Å²) in [5, 5.41) is 16.8. The molecule has 6 nitrogen and oxygen atoms in total. The van der Waals surface area contributed by atoms with E-state index in [1.807, 2.05) is 30.3 Å². The van der Waals surface area contributed by atoms with Crippen LogP contribution in [0.3, 0.4) is 0 Å². The summed E-state index contributed by atoms with van der Waals surface area (Å²) < 4.78 is 1.62. The highest BCUT2D eigenvalue weighted by atomic mass is 16.3. The molecule has 0 spiro atoms. The number of aryl methyl sites for hydroxylation is 1. The van der Waals surface area contributed by atoms with E-state index < -0.39 is 6.10 Å². The van der Waals surface area contributed by atoms with Gasteiger partial charge in [0, 0.05) is 26.8 Å². The van der Waals surface area contributed by atoms with Gasteiger partial charge in [-0.3, -0.25) is 4.68 Å². The Morgan fingerprint density at radius 1 is 1.43 bits per heavy atom. The van der Waals surface area contributed by atoms with Gasteiger partial charge in [-0.05, 0) is 12.0 Å². The molecule has 6 heteroatoms. The number of aliphatic hydroxyl groups excluding tert-OH is 1. The van der Waals surface area contributed by atoms with Crippen LogP contribution in [0.2, 0.25) is 0 Å². The fraction of sp³-hybridized carbons (Fsp3) is 0.333. The van der Waals surface area contributed by atoms with Gasteiger partial charge in [-0.25, -0.2) is 4.79 Å². The third-order valence-electron chi connectivity index (χ3n) is 3.23.